The fraction of sp³-hybridized carbons (Fsp3) is 0.625. The van der Waals surface area contributed by atoms with Gasteiger partial charge in [-0.1, -0.05) is 28.8 Å². The van der Waals surface area contributed by atoms with Gasteiger partial charge in [-0.05, 0) is 56.3 Å². The summed E-state index contributed by atoms with van der Waals surface area (Å²) in [6, 6.07) is 6.12. The lowest BCUT2D eigenvalue weighted by atomic mass is 9.88. The summed E-state index contributed by atoms with van der Waals surface area (Å²) in [4.78, 5) is 0. The van der Waals surface area contributed by atoms with E-state index in [1.54, 1.807) is 6.07 Å². The number of nitrogens with one attached hydrogen (secondary N) is 2. The highest BCUT2D eigenvalue weighted by atomic mass is 79.9. The SMILES string of the molecule is Fc1ccc(Br)cc1NC1CCCC1C1CCCCN1. The largest absolute Gasteiger partial charge is 0.380 e. The van der Waals surface area contributed by atoms with Crippen molar-refractivity contribution in [1.82, 2.24) is 5.32 Å². The Morgan fingerprint density at radius 2 is 2.05 bits per heavy atom. The Bertz CT molecular complexity index is 460. The van der Waals surface area contributed by atoms with Gasteiger partial charge in [0.2, 0.25) is 0 Å². The third-order valence-corrected chi connectivity index (χ3v) is 5.20. The number of hydrogen-bond acceptors (Lipinski definition) is 2. The molecule has 0 bridgehead atoms. The van der Waals surface area contributed by atoms with Crippen molar-refractivity contribution in [2.24, 2.45) is 5.92 Å². The molecular formula is C16H22BrFN2. The molecule has 4 heteroatoms. The zero-order valence-corrected chi connectivity index (χ0v) is 13.3. The first-order valence-corrected chi connectivity index (χ1v) is 8.48. The van der Waals surface area contributed by atoms with E-state index in [4.69, 9.17) is 0 Å². The first kappa shape index (κ1) is 14.3. The van der Waals surface area contributed by atoms with Crippen molar-refractivity contribution in [3.8, 4) is 0 Å². The summed E-state index contributed by atoms with van der Waals surface area (Å²) in [5.74, 6) is 0.476. The summed E-state index contributed by atoms with van der Waals surface area (Å²) in [7, 11) is 0. The Hall–Kier alpha value is -0.610. The molecule has 3 atom stereocenters. The van der Waals surface area contributed by atoms with E-state index in [2.05, 4.69) is 26.6 Å². The fourth-order valence-corrected chi connectivity index (χ4v) is 4.06. The van der Waals surface area contributed by atoms with Crippen LogP contribution in [0.15, 0.2) is 22.7 Å². The van der Waals surface area contributed by atoms with Crippen molar-refractivity contribution in [1.29, 1.82) is 0 Å². The van der Waals surface area contributed by atoms with Crippen LogP contribution in [0.2, 0.25) is 0 Å². The number of anilines is 1. The summed E-state index contributed by atoms with van der Waals surface area (Å²) in [6.07, 6.45) is 7.54. The summed E-state index contributed by atoms with van der Waals surface area (Å²) in [5.41, 5.74) is 0.632. The number of halogens is 2. The van der Waals surface area contributed by atoms with E-state index in [0.29, 0.717) is 23.7 Å². The number of benzene rings is 1. The third-order valence-electron chi connectivity index (χ3n) is 4.70. The third kappa shape index (κ3) is 3.17. The first-order chi connectivity index (χ1) is 9.74. The fourth-order valence-electron chi connectivity index (χ4n) is 3.70. The van der Waals surface area contributed by atoms with Crippen LogP contribution in [0.5, 0.6) is 0 Å². The molecule has 110 valence electrons. The maximum absolute atomic E-state index is 13.9. The molecular weight excluding hydrogens is 319 g/mol. The van der Waals surface area contributed by atoms with E-state index in [1.165, 1.54) is 38.2 Å². The second-order valence-electron chi connectivity index (χ2n) is 6.03. The van der Waals surface area contributed by atoms with Crippen molar-refractivity contribution in [2.45, 2.75) is 50.6 Å². The predicted molar refractivity (Wildman–Crippen MR) is 84.5 cm³/mol. The van der Waals surface area contributed by atoms with Crippen LogP contribution in [0.3, 0.4) is 0 Å². The Labute approximate surface area is 128 Å². The average molecular weight is 341 g/mol. The number of rotatable bonds is 3. The van der Waals surface area contributed by atoms with Crippen LogP contribution in [0, 0.1) is 11.7 Å². The highest BCUT2D eigenvalue weighted by molar-refractivity contribution is 9.10. The van der Waals surface area contributed by atoms with Crippen LogP contribution in [0.25, 0.3) is 0 Å². The molecule has 2 fully saturated rings. The lowest BCUT2D eigenvalue weighted by Gasteiger charge is -2.33. The van der Waals surface area contributed by atoms with Gasteiger partial charge in [-0.25, -0.2) is 4.39 Å². The van der Waals surface area contributed by atoms with Crippen LogP contribution < -0.4 is 10.6 Å². The molecule has 0 spiro atoms. The highest BCUT2D eigenvalue weighted by Gasteiger charge is 2.34. The van der Waals surface area contributed by atoms with Gasteiger partial charge in [-0.15, -0.1) is 0 Å². The molecule has 3 unspecified atom stereocenters. The van der Waals surface area contributed by atoms with Gasteiger partial charge in [0.15, 0.2) is 0 Å². The van der Waals surface area contributed by atoms with E-state index in [9.17, 15) is 4.39 Å². The lowest BCUT2D eigenvalue weighted by Crippen LogP contribution is -2.44. The molecule has 2 N–H and O–H groups in total. The average Bonchev–Trinajstić information content (AvgIpc) is 2.92. The number of hydrogen-bond donors (Lipinski definition) is 2. The Morgan fingerprint density at radius 3 is 2.85 bits per heavy atom. The minimum Gasteiger partial charge on any atom is -0.380 e. The second-order valence-corrected chi connectivity index (χ2v) is 6.94. The molecule has 1 aromatic carbocycles. The van der Waals surface area contributed by atoms with Crippen LogP contribution >= 0.6 is 15.9 Å². The minimum absolute atomic E-state index is 0.157. The molecule has 0 radical (unpaired) electrons. The van der Waals surface area contributed by atoms with Gasteiger partial charge in [0.1, 0.15) is 5.82 Å². The Balaban J connectivity index is 1.70. The predicted octanol–water partition coefficient (Wildman–Crippen LogP) is 4.31. The van der Waals surface area contributed by atoms with E-state index in [1.807, 2.05) is 6.07 Å². The van der Waals surface area contributed by atoms with E-state index < -0.39 is 0 Å². The molecule has 2 aliphatic rings. The normalized spacial score (nSPS) is 30.4. The summed E-state index contributed by atoms with van der Waals surface area (Å²) >= 11 is 3.42. The van der Waals surface area contributed by atoms with Gasteiger partial charge in [0.05, 0.1) is 5.69 Å². The van der Waals surface area contributed by atoms with E-state index in [0.717, 1.165) is 17.4 Å². The molecule has 2 nitrogen and oxygen atoms in total. The zero-order chi connectivity index (χ0) is 13.9. The maximum Gasteiger partial charge on any atom is 0.146 e. The molecule has 0 aromatic heterocycles. The van der Waals surface area contributed by atoms with Gasteiger partial charge < -0.3 is 10.6 Å². The molecule has 1 saturated carbocycles. The van der Waals surface area contributed by atoms with Gasteiger partial charge in [-0.3, -0.25) is 0 Å². The van der Waals surface area contributed by atoms with Crippen LogP contribution in [0.4, 0.5) is 10.1 Å². The first-order valence-electron chi connectivity index (χ1n) is 7.69. The van der Waals surface area contributed by atoms with Crippen molar-refractivity contribution in [2.75, 3.05) is 11.9 Å². The molecule has 1 aromatic rings. The second kappa shape index (κ2) is 6.44. The van der Waals surface area contributed by atoms with Crippen LogP contribution in [-0.4, -0.2) is 18.6 Å². The van der Waals surface area contributed by atoms with Crippen molar-refractivity contribution < 1.29 is 4.39 Å². The van der Waals surface area contributed by atoms with Gasteiger partial charge >= 0.3 is 0 Å². The van der Waals surface area contributed by atoms with E-state index in [-0.39, 0.29) is 5.82 Å². The quantitative estimate of drug-likeness (QED) is 0.856. The minimum atomic E-state index is -0.157. The molecule has 1 saturated heterocycles. The van der Waals surface area contributed by atoms with Gasteiger partial charge in [0, 0.05) is 16.6 Å². The van der Waals surface area contributed by atoms with E-state index >= 15 is 0 Å². The lowest BCUT2D eigenvalue weighted by molar-refractivity contribution is 0.286. The Kier molecular flexibility index (Phi) is 4.61. The van der Waals surface area contributed by atoms with Crippen LogP contribution in [-0.2, 0) is 0 Å². The molecule has 1 aliphatic heterocycles. The van der Waals surface area contributed by atoms with Crippen molar-refractivity contribution >= 4 is 21.6 Å². The summed E-state index contributed by atoms with van der Waals surface area (Å²) < 4.78 is 14.8. The monoisotopic (exact) mass is 340 g/mol. The number of piperidine rings is 1. The molecule has 1 heterocycles. The molecule has 3 rings (SSSR count). The standard InChI is InChI=1S/C16H22BrFN2/c17-11-7-8-13(18)16(10-11)20-15-6-3-4-12(15)14-5-1-2-9-19-14/h7-8,10,12,14-15,19-20H,1-6,9H2. The smallest absolute Gasteiger partial charge is 0.146 e. The molecule has 20 heavy (non-hydrogen) atoms. The van der Waals surface area contributed by atoms with Crippen LogP contribution in [0.1, 0.15) is 38.5 Å². The van der Waals surface area contributed by atoms with Gasteiger partial charge in [0.25, 0.3) is 0 Å². The van der Waals surface area contributed by atoms with Crippen molar-refractivity contribution in [3.05, 3.63) is 28.5 Å². The maximum atomic E-state index is 13.9. The molecule has 0 amide bonds. The topological polar surface area (TPSA) is 24.1 Å². The highest BCUT2D eigenvalue weighted by Crippen LogP contribution is 2.34. The van der Waals surface area contributed by atoms with Crippen molar-refractivity contribution in [3.63, 3.8) is 0 Å². The van der Waals surface area contributed by atoms with Gasteiger partial charge in [-0.2, -0.15) is 0 Å². The molecule has 1 aliphatic carbocycles. The summed E-state index contributed by atoms with van der Waals surface area (Å²) in [5, 5.41) is 7.11. The Morgan fingerprint density at radius 1 is 1.15 bits per heavy atom. The zero-order valence-electron chi connectivity index (χ0n) is 11.7. The summed E-state index contributed by atoms with van der Waals surface area (Å²) in [6.45, 7) is 1.14.